The maximum absolute atomic E-state index is 14.0. The highest BCUT2D eigenvalue weighted by Crippen LogP contribution is 2.31. The van der Waals surface area contributed by atoms with Gasteiger partial charge in [0.2, 0.25) is 0 Å². The Kier molecular flexibility index (Phi) is 4.42. The summed E-state index contributed by atoms with van der Waals surface area (Å²) in [4.78, 5) is 11.8. The summed E-state index contributed by atoms with van der Waals surface area (Å²) in [6, 6.07) is 3.19. The number of nitrogens with one attached hydrogen (secondary N) is 2. The lowest BCUT2D eigenvalue weighted by atomic mass is 10.1. The van der Waals surface area contributed by atoms with Gasteiger partial charge in [-0.1, -0.05) is 15.9 Å². The molecule has 0 aromatic heterocycles. The fraction of sp³-hybridized carbons (Fsp3) is 0.462. The molecule has 0 saturated carbocycles. The molecule has 0 spiro atoms. The molecule has 19 heavy (non-hydrogen) atoms. The van der Waals surface area contributed by atoms with Crippen LogP contribution >= 0.6 is 15.9 Å². The number of carbonyl (C=O) groups is 1. The average molecular weight is 331 g/mol. The molecule has 104 valence electrons. The number of hydrogen-bond donors (Lipinski definition) is 2. The molecule has 0 bridgehead atoms. The van der Waals surface area contributed by atoms with E-state index in [-0.39, 0.29) is 17.6 Å². The lowest BCUT2D eigenvalue weighted by Gasteiger charge is -2.26. The zero-order valence-electron chi connectivity index (χ0n) is 10.8. The SMILES string of the molecule is CC(C)Nc1cc(Br)cc(F)c1NC(=O)C1CCO1. The molecule has 0 radical (unpaired) electrons. The first kappa shape index (κ1) is 14.3. The van der Waals surface area contributed by atoms with Crippen molar-refractivity contribution in [2.45, 2.75) is 32.4 Å². The van der Waals surface area contributed by atoms with Crippen LogP contribution in [0.2, 0.25) is 0 Å². The summed E-state index contributed by atoms with van der Waals surface area (Å²) in [5.74, 6) is -0.788. The van der Waals surface area contributed by atoms with Crippen molar-refractivity contribution < 1.29 is 13.9 Å². The quantitative estimate of drug-likeness (QED) is 0.891. The summed E-state index contributed by atoms with van der Waals surface area (Å²) in [6.45, 7) is 4.47. The van der Waals surface area contributed by atoms with Gasteiger partial charge in [-0.2, -0.15) is 0 Å². The van der Waals surface area contributed by atoms with E-state index in [9.17, 15) is 9.18 Å². The highest BCUT2D eigenvalue weighted by atomic mass is 79.9. The smallest absolute Gasteiger partial charge is 0.253 e. The molecule has 2 N–H and O–H groups in total. The van der Waals surface area contributed by atoms with Crippen LogP contribution in [0.4, 0.5) is 15.8 Å². The minimum Gasteiger partial charge on any atom is -0.381 e. The summed E-state index contributed by atoms with van der Waals surface area (Å²) < 4.78 is 19.7. The van der Waals surface area contributed by atoms with Crippen LogP contribution in [0.15, 0.2) is 16.6 Å². The number of ether oxygens (including phenoxy) is 1. The third kappa shape index (κ3) is 3.45. The lowest BCUT2D eigenvalue weighted by molar-refractivity contribution is -0.139. The summed E-state index contributed by atoms with van der Waals surface area (Å²) in [5, 5.41) is 5.70. The van der Waals surface area contributed by atoms with Crippen LogP contribution in [0.1, 0.15) is 20.3 Å². The van der Waals surface area contributed by atoms with Crippen LogP contribution in [0, 0.1) is 5.82 Å². The summed E-state index contributed by atoms with van der Waals surface area (Å²) in [7, 11) is 0. The van der Waals surface area contributed by atoms with Crippen molar-refractivity contribution in [2.24, 2.45) is 0 Å². The minimum absolute atomic E-state index is 0.129. The van der Waals surface area contributed by atoms with Gasteiger partial charge in [0.15, 0.2) is 0 Å². The topological polar surface area (TPSA) is 50.4 Å². The highest BCUT2D eigenvalue weighted by Gasteiger charge is 2.27. The molecule has 0 aliphatic carbocycles. The molecule has 2 rings (SSSR count). The van der Waals surface area contributed by atoms with Crippen molar-refractivity contribution in [3.05, 3.63) is 22.4 Å². The molecule has 1 heterocycles. The van der Waals surface area contributed by atoms with E-state index in [2.05, 4.69) is 26.6 Å². The number of benzene rings is 1. The van der Waals surface area contributed by atoms with Gasteiger partial charge < -0.3 is 15.4 Å². The Hall–Kier alpha value is -1.14. The van der Waals surface area contributed by atoms with Crippen LogP contribution in [0.25, 0.3) is 0 Å². The number of hydrogen-bond acceptors (Lipinski definition) is 3. The predicted molar refractivity (Wildman–Crippen MR) is 75.8 cm³/mol. The predicted octanol–water partition coefficient (Wildman–Crippen LogP) is 3.14. The van der Waals surface area contributed by atoms with Crippen LogP contribution in [0.3, 0.4) is 0 Å². The zero-order valence-corrected chi connectivity index (χ0v) is 12.4. The summed E-state index contributed by atoms with van der Waals surface area (Å²) in [6.07, 6.45) is 0.214. The molecule has 1 saturated heterocycles. The second-order valence-corrected chi connectivity index (χ2v) is 5.66. The number of rotatable bonds is 4. The fourth-order valence-electron chi connectivity index (χ4n) is 1.77. The van der Waals surface area contributed by atoms with E-state index in [0.717, 1.165) is 0 Å². The van der Waals surface area contributed by atoms with Crippen molar-refractivity contribution in [1.29, 1.82) is 0 Å². The molecule has 1 aromatic carbocycles. The standard InChI is InChI=1S/C13H16BrFN2O2/c1-7(2)16-10-6-8(14)5-9(15)12(10)17-13(18)11-3-4-19-11/h5-7,11,16H,3-4H2,1-2H3,(H,17,18). The van der Waals surface area contributed by atoms with Crippen molar-refractivity contribution in [2.75, 3.05) is 17.2 Å². The van der Waals surface area contributed by atoms with Gasteiger partial charge in [-0.15, -0.1) is 0 Å². The minimum atomic E-state index is -0.481. The number of anilines is 2. The van der Waals surface area contributed by atoms with E-state index in [1.54, 1.807) is 6.07 Å². The van der Waals surface area contributed by atoms with Gasteiger partial charge in [0, 0.05) is 16.9 Å². The number of amides is 1. The van der Waals surface area contributed by atoms with Crippen molar-refractivity contribution >= 4 is 33.2 Å². The molecular weight excluding hydrogens is 315 g/mol. The Labute approximate surface area is 119 Å². The van der Waals surface area contributed by atoms with Gasteiger partial charge in [0.05, 0.1) is 12.3 Å². The van der Waals surface area contributed by atoms with Gasteiger partial charge >= 0.3 is 0 Å². The highest BCUT2D eigenvalue weighted by molar-refractivity contribution is 9.10. The molecule has 1 atom stereocenters. The third-order valence-electron chi connectivity index (χ3n) is 2.74. The first-order chi connectivity index (χ1) is 8.97. The Balaban J connectivity index is 2.23. The Morgan fingerprint density at radius 3 is 2.74 bits per heavy atom. The normalized spacial score (nSPS) is 18.1. The van der Waals surface area contributed by atoms with E-state index in [4.69, 9.17) is 4.74 Å². The van der Waals surface area contributed by atoms with Crippen LogP contribution < -0.4 is 10.6 Å². The van der Waals surface area contributed by atoms with Gasteiger partial charge in [0.25, 0.3) is 5.91 Å². The third-order valence-corrected chi connectivity index (χ3v) is 3.20. The molecule has 4 nitrogen and oxygen atoms in total. The Bertz CT molecular complexity index is 490. The van der Waals surface area contributed by atoms with E-state index >= 15 is 0 Å². The molecular formula is C13H16BrFN2O2. The van der Waals surface area contributed by atoms with Crippen LogP contribution in [-0.4, -0.2) is 24.7 Å². The Morgan fingerprint density at radius 1 is 1.53 bits per heavy atom. The van der Waals surface area contributed by atoms with Crippen LogP contribution in [-0.2, 0) is 9.53 Å². The molecule has 1 amide bonds. The van der Waals surface area contributed by atoms with Crippen LogP contribution in [0.5, 0.6) is 0 Å². The average Bonchev–Trinajstić information content (AvgIpc) is 2.19. The molecule has 1 aliphatic heterocycles. The van der Waals surface area contributed by atoms with Gasteiger partial charge in [0.1, 0.15) is 17.6 Å². The first-order valence-electron chi connectivity index (χ1n) is 6.15. The van der Waals surface area contributed by atoms with Crippen molar-refractivity contribution in [1.82, 2.24) is 0 Å². The van der Waals surface area contributed by atoms with Gasteiger partial charge in [-0.3, -0.25) is 4.79 Å². The largest absolute Gasteiger partial charge is 0.381 e. The first-order valence-corrected chi connectivity index (χ1v) is 6.94. The second kappa shape index (κ2) is 5.88. The van der Waals surface area contributed by atoms with E-state index in [0.29, 0.717) is 23.2 Å². The van der Waals surface area contributed by atoms with Gasteiger partial charge in [-0.05, 0) is 26.0 Å². The summed E-state index contributed by atoms with van der Waals surface area (Å²) >= 11 is 3.24. The molecule has 6 heteroatoms. The molecule has 1 aromatic rings. The number of carbonyl (C=O) groups excluding carboxylic acids is 1. The molecule has 1 aliphatic rings. The zero-order chi connectivity index (χ0) is 14.0. The maximum atomic E-state index is 14.0. The lowest BCUT2D eigenvalue weighted by Crippen LogP contribution is -2.39. The molecule has 1 unspecified atom stereocenters. The fourth-order valence-corrected chi connectivity index (χ4v) is 2.20. The van der Waals surface area contributed by atoms with E-state index < -0.39 is 11.9 Å². The molecule has 1 fully saturated rings. The van der Waals surface area contributed by atoms with Crippen molar-refractivity contribution in [3.8, 4) is 0 Å². The second-order valence-electron chi connectivity index (χ2n) is 4.75. The number of halogens is 2. The Morgan fingerprint density at radius 2 is 2.21 bits per heavy atom. The monoisotopic (exact) mass is 330 g/mol. The maximum Gasteiger partial charge on any atom is 0.253 e. The van der Waals surface area contributed by atoms with E-state index in [1.165, 1.54) is 6.07 Å². The van der Waals surface area contributed by atoms with E-state index in [1.807, 2.05) is 13.8 Å². The van der Waals surface area contributed by atoms with Crippen molar-refractivity contribution in [3.63, 3.8) is 0 Å². The summed E-state index contributed by atoms with van der Waals surface area (Å²) in [5.41, 5.74) is 0.715. The van der Waals surface area contributed by atoms with Gasteiger partial charge in [-0.25, -0.2) is 4.39 Å².